The number of carbonyl (C=O) groups excluding carboxylic acids is 3. The molecule has 2 aromatic rings. The maximum atomic E-state index is 13.3. The van der Waals surface area contributed by atoms with Gasteiger partial charge in [-0.15, -0.1) is 0 Å². The molecule has 178 valence electrons. The van der Waals surface area contributed by atoms with Gasteiger partial charge in [-0.2, -0.15) is 0 Å². The van der Waals surface area contributed by atoms with E-state index in [2.05, 4.69) is 0 Å². The monoisotopic (exact) mass is 464 g/mol. The fourth-order valence-corrected chi connectivity index (χ4v) is 6.05. The second-order valence-corrected chi connectivity index (χ2v) is 10.2. The molecule has 1 aromatic carbocycles. The Bertz CT molecular complexity index is 1160. The molecule has 1 saturated carbocycles. The van der Waals surface area contributed by atoms with Crippen LogP contribution in [-0.2, 0) is 19.0 Å². The first-order chi connectivity index (χ1) is 16.1. The van der Waals surface area contributed by atoms with Crippen molar-refractivity contribution < 1.29 is 33.0 Å². The summed E-state index contributed by atoms with van der Waals surface area (Å²) in [6.45, 7) is 7.74. The van der Waals surface area contributed by atoms with Gasteiger partial charge in [0.25, 0.3) is 0 Å². The van der Waals surface area contributed by atoms with Crippen LogP contribution in [-0.4, -0.2) is 41.1 Å². The molecular weight excluding hydrogens is 436 g/mol. The largest absolute Gasteiger partial charge is 0.472 e. The van der Waals surface area contributed by atoms with Gasteiger partial charge in [0.2, 0.25) is 0 Å². The summed E-state index contributed by atoms with van der Waals surface area (Å²) in [6.07, 6.45) is 3.38. The average Bonchev–Trinajstić information content (AvgIpc) is 3.41. The van der Waals surface area contributed by atoms with Crippen molar-refractivity contribution in [2.45, 2.75) is 63.9 Å². The Kier molecular flexibility index (Phi) is 5.09. The molecule has 3 aliphatic rings. The van der Waals surface area contributed by atoms with Gasteiger partial charge in [0.05, 0.1) is 28.4 Å². The van der Waals surface area contributed by atoms with E-state index in [0.29, 0.717) is 18.4 Å². The van der Waals surface area contributed by atoms with Gasteiger partial charge in [-0.05, 0) is 76.3 Å². The first-order valence-corrected chi connectivity index (χ1v) is 11.5. The molecule has 2 fully saturated rings. The van der Waals surface area contributed by atoms with Gasteiger partial charge < -0.3 is 18.6 Å². The first kappa shape index (κ1) is 22.6. The number of fused-ring (bicyclic) bond motifs is 1. The van der Waals surface area contributed by atoms with Crippen LogP contribution < -0.4 is 0 Å². The van der Waals surface area contributed by atoms with E-state index >= 15 is 0 Å². The van der Waals surface area contributed by atoms with E-state index in [1.807, 2.05) is 33.8 Å². The molecule has 34 heavy (non-hydrogen) atoms. The van der Waals surface area contributed by atoms with Crippen LogP contribution in [0.25, 0.3) is 0 Å². The minimum absolute atomic E-state index is 0.0934. The summed E-state index contributed by atoms with van der Waals surface area (Å²) >= 11 is 0. The average molecular weight is 465 g/mol. The van der Waals surface area contributed by atoms with Crippen LogP contribution in [0.3, 0.4) is 0 Å². The highest BCUT2D eigenvalue weighted by Crippen LogP contribution is 2.65. The summed E-state index contributed by atoms with van der Waals surface area (Å²) in [6, 6.07) is 10.2. The van der Waals surface area contributed by atoms with Crippen LogP contribution in [0.15, 0.2) is 65.0 Å². The zero-order chi connectivity index (χ0) is 24.3. The Hall–Kier alpha value is -3.19. The maximum absolute atomic E-state index is 13.3. The predicted molar refractivity (Wildman–Crippen MR) is 121 cm³/mol. The molecule has 2 heterocycles. The van der Waals surface area contributed by atoms with Gasteiger partial charge in [-0.1, -0.05) is 18.2 Å². The predicted octanol–water partition coefficient (Wildman–Crippen LogP) is 4.52. The quantitative estimate of drug-likeness (QED) is 0.614. The number of carbonyl (C=O) groups is 3. The molecule has 7 nitrogen and oxygen atoms in total. The minimum Gasteiger partial charge on any atom is -0.472 e. The summed E-state index contributed by atoms with van der Waals surface area (Å²) in [4.78, 5) is 39.3. The van der Waals surface area contributed by atoms with Crippen molar-refractivity contribution >= 4 is 17.7 Å². The number of hydrogen-bond acceptors (Lipinski definition) is 7. The van der Waals surface area contributed by atoms with Crippen LogP contribution in [0.5, 0.6) is 0 Å². The lowest BCUT2D eigenvalue weighted by atomic mass is 9.52. The molecule has 0 radical (unpaired) electrons. The summed E-state index contributed by atoms with van der Waals surface area (Å²) < 4.78 is 23.7. The molecule has 1 spiro atoms. The third-order valence-electron chi connectivity index (χ3n) is 8.03. The Balaban J connectivity index is 1.59. The highest BCUT2D eigenvalue weighted by molar-refractivity contribution is 6.00. The lowest BCUT2D eigenvalue weighted by Crippen LogP contribution is -2.67. The Morgan fingerprint density at radius 2 is 1.71 bits per heavy atom. The molecule has 0 unspecified atom stereocenters. The number of ketones is 1. The number of furan rings is 1. The maximum Gasteiger partial charge on any atom is 0.342 e. The van der Waals surface area contributed by atoms with Crippen LogP contribution >= 0.6 is 0 Å². The van der Waals surface area contributed by atoms with Gasteiger partial charge in [-0.25, -0.2) is 9.59 Å². The summed E-state index contributed by atoms with van der Waals surface area (Å²) in [7, 11) is 0. The molecule has 5 rings (SSSR count). The number of esters is 2. The lowest BCUT2D eigenvalue weighted by molar-refractivity contribution is -0.201. The number of benzene rings is 1. The molecule has 2 bridgehead atoms. The smallest absolute Gasteiger partial charge is 0.342 e. The second kappa shape index (κ2) is 7.67. The van der Waals surface area contributed by atoms with E-state index in [0.717, 1.165) is 5.57 Å². The SMILES string of the molecule is CC1=CC(=O)[C@@H](OC(=O)c2ccoc2)[C@]2(C)[C@H](OC(=O)c3ccccc3)C[C@H]3C[C@@]12OC3(C)C. The van der Waals surface area contributed by atoms with Gasteiger partial charge in [0.1, 0.15) is 18.0 Å². The van der Waals surface area contributed by atoms with Crippen LogP contribution in [0.4, 0.5) is 0 Å². The van der Waals surface area contributed by atoms with Crippen molar-refractivity contribution in [1.29, 1.82) is 0 Å². The first-order valence-electron chi connectivity index (χ1n) is 11.5. The van der Waals surface area contributed by atoms with Crippen molar-refractivity contribution in [2.24, 2.45) is 11.3 Å². The molecule has 0 amide bonds. The molecule has 0 N–H and O–H groups in total. The minimum atomic E-state index is -1.19. The van der Waals surface area contributed by atoms with E-state index in [9.17, 15) is 14.4 Å². The van der Waals surface area contributed by atoms with Crippen molar-refractivity contribution in [2.75, 3.05) is 0 Å². The summed E-state index contributed by atoms with van der Waals surface area (Å²) in [5.74, 6) is -1.42. The van der Waals surface area contributed by atoms with Gasteiger partial charge in [0.15, 0.2) is 11.9 Å². The lowest BCUT2D eigenvalue weighted by Gasteiger charge is -2.56. The number of ether oxygens (including phenoxy) is 3. The van der Waals surface area contributed by atoms with Crippen molar-refractivity contribution in [3.05, 3.63) is 71.7 Å². The second-order valence-electron chi connectivity index (χ2n) is 10.2. The molecule has 2 aliphatic carbocycles. The van der Waals surface area contributed by atoms with Crippen molar-refractivity contribution in [1.82, 2.24) is 0 Å². The molecule has 1 saturated heterocycles. The van der Waals surface area contributed by atoms with E-state index in [4.69, 9.17) is 18.6 Å². The van der Waals surface area contributed by atoms with E-state index in [1.54, 1.807) is 24.3 Å². The molecule has 7 heteroatoms. The highest BCUT2D eigenvalue weighted by atomic mass is 16.6. The number of rotatable bonds is 4. The topological polar surface area (TPSA) is 92.0 Å². The van der Waals surface area contributed by atoms with Crippen molar-refractivity contribution in [3.8, 4) is 0 Å². The fourth-order valence-electron chi connectivity index (χ4n) is 6.05. The molecular formula is C27H28O7. The standard InChI is InChI=1S/C27H28O7/c1-16-12-20(28)22(33-24(30)18-10-11-31-15-18)26(4)21(32-23(29)17-8-6-5-7-9-17)13-19-14-27(16,26)34-25(19,2)3/h5-12,15,19,21-22H,13-14H2,1-4H3/t19-,21+,22+,26-,27+/m0/s1. The fraction of sp³-hybridized carbons (Fsp3) is 0.444. The third kappa shape index (κ3) is 3.17. The van der Waals surface area contributed by atoms with E-state index < -0.39 is 40.8 Å². The molecule has 1 aromatic heterocycles. The van der Waals surface area contributed by atoms with Gasteiger partial charge in [0, 0.05) is 0 Å². The Morgan fingerprint density at radius 1 is 1.00 bits per heavy atom. The number of hydrogen-bond donors (Lipinski definition) is 0. The zero-order valence-electron chi connectivity index (χ0n) is 19.7. The van der Waals surface area contributed by atoms with Crippen LogP contribution in [0, 0.1) is 11.3 Å². The third-order valence-corrected chi connectivity index (χ3v) is 8.03. The molecule has 5 atom stereocenters. The van der Waals surface area contributed by atoms with E-state index in [1.165, 1.54) is 24.7 Å². The summed E-state index contributed by atoms with van der Waals surface area (Å²) in [5, 5.41) is 0. The Morgan fingerprint density at radius 3 is 2.38 bits per heavy atom. The van der Waals surface area contributed by atoms with Crippen LogP contribution in [0.2, 0.25) is 0 Å². The van der Waals surface area contributed by atoms with Crippen LogP contribution in [0.1, 0.15) is 61.3 Å². The van der Waals surface area contributed by atoms with Gasteiger partial charge >= 0.3 is 11.9 Å². The normalized spacial score (nSPS) is 33.6. The Labute approximate surface area is 198 Å². The van der Waals surface area contributed by atoms with E-state index in [-0.39, 0.29) is 17.3 Å². The van der Waals surface area contributed by atoms with Crippen molar-refractivity contribution in [3.63, 3.8) is 0 Å². The summed E-state index contributed by atoms with van der Waals surface area (Å²) in [5.41, 5.74) is -1.18. The molecule has 1 aliphatic heterocycles. The highest BCUT2D eigenvalue weighted by Gasteiger charge is 2.73. The zero-order valence-corrected chi connectivity index (χ0v) is 19.7. The van der Waals surface area contributed by atoms with Gasteiger partial charge in [-0.3, -0.25) is 4.79 Å².